The molecule has 0 aliphatic carbocycles. The van der Waals surface area contributed by atoms with Crippen LogP contribution in [0.15, 0.2) is 29.1 Å². The Morgan fingerprint density at radius 2 is 2.00 bits per heavy atom. The van der Waals surface area contributed by atoms with Crippen LogP contribution >= 0.6 is 0 Å². The van der Waals surface area contributed by atoms with Crippen molar-refractivity contribution in [2.45, 2.75) is 26.7 Å². The van der Waals surface area contributed by atoms with Gasteiger partial charge in [0.15, 0.2) is 5.52 Å². The molecule has 3 rings (SSSR count). The second-order valence-corrected chi connectivity index (χ2v) is 5.27. The Hall–Kier alpha value is -2.43. The lowest BCUT2D eigenvalue weighted by Gasteiger charge is -2.04. The van der Waals surface area contributed by atoms with Crippen molar-refractivity contribution < 1.29 is 0 Å². The minimum atomic E-state index is -0.213. The van der Waals surface area contributed by atoms with Crippen LogP contribution < -0.4 is 5.56 Å². The molecule has 0 radical (unpaired) electrons. The van der Waals surface area contributed by atoms with E-state index in [-0.39, 0.29) is 11.5 Å². The second kappa shape index (κ2) is 4.59. The number of benzene rings is 1. The average Bonchev–Trinajstić information content (AvgIpc) is 2.83. The summed E-state index contributed by atoms with van der Waals surface area (Å²) in [4.78, 5) is 19.5. The molecule has 2 N–H and O–H groups in total. The number of H-pyrrole nitrogens is 2. The first-order chi connectivity index (χ1) is 9.56. The molecule has 102 valence electrons. The lowest BCUT2D eigenvalue weighted by molar-refractivity contribution is 0.815. The van der Waals surface area contributed by atoms with E-state index in [0.717, 1.165) is 16.8 Å². The fourth-order valence-electron chi connectivity index (χ4n) is 2.26. The van der Waals surface area contributed by atoms with Crippen LogP contribution in [0.25, 0.3) is 22.4 Å². The molecule has 2 heterocycles. The molecule has 0 saturated carbocycles. The highest BCUT2D eigenvalue weighted by molar-refractivity contribution is 5.78. The number of rotatable bonds is 2. The van der Waals surface area contributed by atoms with Gasteiger partial charge >= 0.3 is 0 Å². The average molecular weight is 268 g/mol. The normalized spacial score (nSPS) is 11.4. The number of aryl methyl sites for hydroxylation is 1. The first-order valence-electron chi connectivity index (χ1n) is 6.61. The SMILES string of the molecule is Cc1cccc(-c2nc3c(C(C)C)[nH]nc3c(=O)[nH]2)c1. The minimum Gasteiger partial charge on any atom is -0.305 e. The van der Waals surface area contributed by atoms with E-state index in [1.807, 2.05) is 45.0 Å². The third kappa shape index (κ3) is 2.01. The van der Waals surface area contributed by atoms with Gasteiger partial charge in [-0.15, -0.1) is 0 Å². The number of nitrogens with zero attached hydrogens (tertiary/aromatic N) is 2. The lowest BCUT2D eigenvalue weighted by atomic mass is 10.1. The highest BCUT2D eigenvalue weighted by atomic mass is 16.1. The molecular formula is C15H16N4O. The largest absolute Gasteiger partial charge is 0.305 e. The highest BCUT2D eigenvalue weighted by Crippen LogP contribution is 2.22. The van der Waals surface area contributed by atoms with Gasteiger partial charge in [0, 0.05) is 5.56 Å². The van der Waals surface area contributed by atoms with Gasteiger partial charge < -0.3 is 4.98 Å². The maximum Gasteiger partial charge on any atom is 0.279 e. The van der Waals surface area contributed by atoms with Crippen molar-refractivity contribution >= 4 is 11.0 Å². The summed E-state index contributed by atoms with van der Waals surface area (Å²) in [5.41, 5.74) is 3.72. The second-order valence-electron chi connectivity index (χ2n) is 5.27. The Morgan fingerprint density at radius 1 is 1.20 bits per heavy atom. The molecule has 0 atom stereocenters. The minimum absolute atomic E-state index is 0.213. The van der Waals surface area contributed by atoms with Crippen molar-refractivity contribution in [3.05, 3.63) is 45.9 Å². The van der Waals surface area contributed by atoms with Crippen LogP contribution in [0.2, 0.25) is 0 Å². The fourth-order valence-corrected chi connectivity index (χ4v) is 2.26. The van der Waals surface area contributed by atoms with Crippen LogP contribution in [0.5, 0.6) is 0 Å². The van der Waals surface area contributed by atoms with Crippen LogP contribution in [0.4, 0.5) is 0 Å². The molecule has 0 saturated heterocycles. The summed E-state index contributed by atoms with van der Waals surface area (Å²) >= 11 is 0. The van der Waals surface area contributed by atoms with Crippen LogP contribution in [0, 0.1) is 6.92 Å². The van der Waals surface area contributed by atoms with E-state index in [4.69, 9.17) is 0 Å². The smallest absolute Gasteiger partial charge is 0.279 e. The zero-order chi connectivity index (χ0) is 14.3. The molecule has 2 aromatic heterocycles. The molecule has 1 aromatic carbocycles. The maximum absolute atomic E-state index is 12.1. The van der Waals surface area contributed by atoms with Crippen molar-refractivity contribution in [2.75, 3.05) is 0 Å². The Labute approximate surface area is 116 Å². The van der Waals surface area contributed by atoms with Crippen LogP contribution in [0.3, 0.4) is 0 Å². The molecular weight excluding hydrogens is 252 g/mol. The van der Waals surface area contributed by atoms with Gasteiger partial charge in [-0.1, -0.05) is 37.6 Å². The van der Waals surface area contributed by atoms with Gasteiger partial charge in [0.2, 0.25) is 0 Å². The Morgan fingerprint density at radius 3 is 2.70 bits per heavy atom. The number of aromatic amines is 2. The molecule has 0 aliphatic rings. The van der Waals surface area contributed by atoms with Gasteiger partial charge in [-0.2, -0.15) is 5.10 Å². The zero-order valence-electron chi connectivity index (χ0n) is 11.7. The summed E-state index contributed by atoms with van der Waals surface area (Å²) in [6, 6.07) is 7.90. The van der Waals surface area contributed by atoms with Crippen molar-refractivity contribution in [2.24, 2.45) is 0 Å². The highest BCUT2D eigenvalue weighted by Gasteiger charge is 2.15. The van der Waals surface area contributed by atoms with Crippen molar-refractivity contribution in [3.8, 4) is 11.4 Å². The standard InChI is InChI=1S/C15H16N4O/c1-8(2)11-12-13(19-18-11)15(20)17-14(16-12)10-6-4-5-9(3)7-10/h4-8H,1-3H3,(H,18,19)(H,16,17,20). The number of aromatic nitrogens is 4. The topological polar surface area (TPSA) is 74.4 Å². The fraction of sp³-hybridized carbons (Fsp3) is 0.267. The summed E-state index contributed by atoms with van der Waals surface area (Å²) in [6.07, 6.45) is 0. The predicted octanol–water partition coefficient (Wildman–Crippen LogP) is 2.75. The van der Waals surface area contributed by atoms with E-state index in [9.17, 15) is 4.79 Å². The van der Waals surface area contributed by atoms with Crippen LogP contribution in [0.1, 0.15) is 31.0 Å². The molecule has 20 heavy (non-hydrogen) atoms. The molecule has 5 heteroatoms. The van der Waals surface area contributed by atoms with Gasteiger partial charge in [0.1, 0.15) is 11.3 Å². The van der Waals surface area contributed by atoms with E-state index in [0.29, 0.717) is 16.9 Å². The van der Waals surface area contributed by atoms with Gasteiger partial charge in [0.05, 0.1) is 5.69 Å². The quantitative estimate of drug-likeness (QED) is 0.750. The summed E-state index contributed by atoms with van der Waals surface area (Å²) in [5.74, 6) is 0.814. The summed E-state index contributed by atoms with van der Waals surface area (Å²) in [5, 5.41) is 6.97. The van der Waals surface area contributed by atoms with Crippen LogP contribution in [-0.2, 0) is 0 Å². The lowest BCUT2D eigenvalue weighted by Crippen LogP contribution is -2.09. The zero-order valence-corrected chi connectivity index (χ0v) is 11.7. The number of fused-ring (bicyclic) bond motifs is 1. The van der Waals surface area contributed by atoms with Crippen LogP contribution in [-0.4, -0.2) is 20.2 Å². The first kappa shape index (κ1) is 12.6. The van der Waals surface area contributed by atoms with E-state index >= 15 is 0 Å². The molecule has 3 aromatic rings. The summed E-state index contributed by atoms with van der Waals surface area (Å²) in [7, 11) is 0. The van der Waals surface area contributed by atoms with Crippen molar-refractivity contribution in [3.63, 3.8) is 0 Å². The first-order valence-corrected chi connectivity index (χ1v) is 6.61. The van der Waals surface area contributed by atoms with E-state index in [1.54, 1.807) is 0 Å². The van der Waals surface area contributed by atoms with Gasteiger partial charge in [-0.05, 0) is 18.9 Å². The Kier molecular flexibility index (Phi) is 2.89. The molecule has 0 aliphatic heterocycles. The van der Waals surface area contributed by atoms with Crippen molar-refractivity contribution in [1.82, 2.24) is 20.2 Å². The molecule has 0 unspecified atom stereocenters. The van der Waals surface area contributed by atoms with Gasteiger partial charge in [-0.3, -0.25) is 9.89 Å². The Balaban J connectivity index is 2.28. The predicted molar refractivity (Wildman–Crippen MR) is 78.8 cm³/mol. The van der Waals surface area contributed by atoms with E-state index < -0.39 is 0 Å². The summed E-state index contributed by atoms with van der Waals surface area (Å²) < 4.78 is 0. The van der Waals surface area contributed by atoms with E-state index in [2.05, 4.69) is 20.2 Å². The van der Waals surface area contributed by atoms with E-state index in [1.165, 1.54) is 0 Å². The number of nitrogens with one attached hydrogen (secondary N) is 2. The maximum atomic E-state index is 12.1. The molecule has 5 nitrogen and oxygen atoms in total. The summed E-state index contributed by atoms with van der Waals surface area (Å²) in [6.45, 7) is 6.10. The van der Waals surface area contributed by atoms with Gasteiger partial charge in [-0.25, -0.2) is 4.98 Å². The number of hydrogen-bond acceptors (Lipinski definition) is 3. The third-order valence-corrected chi connectivity index (χ3v) is 3.31. The monoisotopic (exact) mass is 268 g/mol. The molecule has 0 spiro atoms. The van der Waals surface area contributed by atoms with Crippen molar-refractivity contribution in [1.29, 1.82) is 0 Å². The molecule has 0 bridgehead atoms. The molecule has 0 amide bonds. The number of hydrogen-bond donors (Lipinski definition) is 2. The third-order valence-electron chi connectivity index (χ3n) is 3.31. The molecule has 0 fully saturated rings. The Bertz CT molecular complexity index is 829. The van der Waals surface area contributed by atoms with Gasteiger partial charge in [0.25, 0.3) is 5.56 Å².